The second-order valence-electron chi connectivity index (χ2n) is 3.61. The standard InChI is InChI=1S/C11H13NO5S/c1-7(11(13)14)6-18-9-5-3-4-8(17-2)10(9)12(15)16/h3-5,7H,6H2,1-2H3,(H,13,14). The lowest BCUT2D eigenvalue weighted by Gasteiger charge is -2.08. The van der Waals surface area contributed by atoms with Gasteiger partial charge in [-0.3, -0.25) is 14.9 Å². The molecule has 0 saturated carbocycles. The minimum atomic E-state index is -0.923. The Morgan fingerprint density at radius 2 is 2.28 bits per heavy atom. The molecule has 0 aliphatic rings. The van der Waals surface area contributed by atoms with Crippen molar-refractivity contribution in [3.8, 4) is 5.75 Å². The van der Waals surface area contributed by atoms with E-state index in [9.17, 15) is 14.9 Å². The van der Waals surface area contributed by atoms with Crippen molar-refractivity contribution in [2.45, 2.75) is 11.8 Å². The van der Waals surface area contributed by atoms with Crippen LogP contribution in [0.1, 0.15) is 6.92 Å². The molecule has 98 valence electrons. The van der Waals surface area contributed by atoms with E-state index in [1.165, 1.54) is 13.2 Å². The van der Waals surface area contributed by atoms with Crippen LogP contribution in [-0.2, 0) is 4.79 Å². The number of benzene rings is 1. The number of nitrogens with zero attached hydrogens (tertiary/aromatic N) is 1. The maximum atomic E-state index is 11.0. The molecular weight excluding hydrogens is 258 g/mol. The Morgan fingerprint density at radius 3 is 2.78 bits per heavy atom. The third kappa shape index (κ3) is 3.36. The minimum Gasteiger partial charge on any atom is -0.490 e. The molecule has 1 N–H and O–H groups in total. The van der Waals surface area contributed by atoms with Crippen LogP contribution < -0.4 is 4.74 Å². The summed E-state index contributed by atoms with van der Waals surface area (Å²) in [6.45, 7) is 1.56. The van der Waals surface area contributed by atoms with Gasteiger partial charge in [0.25, 0.3) is 0 Å². The van der Waals surface area contributed by atoms with Gasteiger partial charge in [-0.2, -0.15) is 0 Å². The molecule has 0 amide bonds. The number of nitro benzene ring substituents is 1. The molecule has 1 atom stereocenters. The highest BCUT2D eigenvalue weighted by atomic mass is 32.2. The van der Waals surface area contributed by atoms with E-state index in [-0.39, 0.29) is 17.2 Å². The first-order valence-corrected chi connectivity index (χ1v) is 6.13. The number of nitro groups is 1. The number of rotatable bonds is 6. The van der Waals surface area contributed by atoms with Crippen LogP contribution in [0.4, 0.5) is 5.69 Å². The van der Waals surface area contributed by atoms with Crippen molar-refractivity contribution in [2.24, 2.45) is 5.92 Å². The monoisotopic (exact) mass is 271 g/mol. The first-order valence-electron chi connectivity index (χ1n) is 5.14. The highest BCUT2D eigenvalue weighted by Gasteiger charge is 2.22. The van der Waals surface area contributed by atoms with Crippen LogP contribution in [0.3, 0.4) is 0 Å². The fourth-order valence-electron chi connectivity index (χ4n) is 1.25. The number of hydrogen-bond acceptors (Lipinski definition) is 5. The number of thioether (sulfide) groups is 1. The van der Waals surface area contributed by atoms with Gasteiger partial charge >= 0.3 is 11.7 Å². The molecule has 1 rings (SSSR count). The van der Waals surface area contributed by atoms with E-state index in [1.54, 1.807) is 19.1 Å². The van der Waals surface area contributed by atoms with Crippen molar-refractivity contribution in [1.82, 2.24) is 0 Å². The number of carboxylic acids is 1. The van der Waals surface area contributed by atoms with Crippen molar-refractivity contribution < 1.29 is 19.6 Å². The largest absolute Gasteiger partial charge is 0.490 e. The lowest BCUT2D eigenvalue weighted by molar-refractivity contribution is -0.388. The van der Waals surface area contributed by atoms with Gasteiger partial charge in [-0.1, -0.05) is 13.0 Å². The van der Waals surface area contributed by atoms with E-state index in [2.05, 4.69) is 0 Å². The summed E-state index contributed by atoms with van der Waals surface area (Å²) in [6.07, 6.45) is 0. The summed E-state index contributed by atoms with van der Waals surface area (Å²) in [5.41, 5.74) is -0.123. The number of hydrogen-bond donors (Lipinski definition) is 1. The van der Waals surface area contributed by atoms with Gasteiger partial charge in [-0.25, -0.2) is 0 Å². The summed E-state index contributed by atoms with van der Waals surface area (Å²) in [6, 6.07) is 4.72. The Balaban J connectivity index is 2.95. The number of carboxylic acid groups (broad SMARTS) is 1. The SMILES string of the molecule is COc1cccc(SCC(C)C(=O)O)c1[N+](=O)[O-]. The molecule has 1 aromatic carbocycles. The molecule has 1 unspecified atom stereocenters. The molecule has 0 aromatic heterocycles. The molecule has 0 aliphatic carbocycles. The molecule has 1 aromatic rings. The second-order valence-corrected chi connectivity index (χ2v) is 4.68. The van der Waals surface area contributed by atoms with Crippen LogP contribution >= 0.6 is 11.8 Å². The number of para-hydroxylation sites is 1. The van der Waals surface area contributed by atoms with E-state index in [0.29, 0.717) is 4.90 Å². The lowest BCUT2D eigenvalue weighted by Crippen LogP contribution is -2.11. The van der Waals surface area contributed by atoms with E-state index < -0.39 is 16.8 Å². The summed E-state index contributed by atoms with van der Waals surface area (Å²) >= 11 is 1.14. The zero-order valence-electron chi connectivity index (χ0n) is 9.95. The summed E-state index contributed by atoms with van der Waals surface area (Å²) in [5.74, 6) is -1.05. The number of ether oxygens (including phenoxy) is 1. The van der Waals surface area contributed by atoms with Crippen molar-refractivity contribution in [1.29, 1.82) is 0 Å². The van der Waals surface area contributed by atoms with E-state index >= 15 is 0 Å². The van der Waals surface area contributed by atoms with Crippen LogP contribution in [-0.4, -0.2) is 28.9 Å². The average Bonchev–Trinajstić information content (AvgIpc) is 2.34. The first-order chi connectivity index (χ1) is 8.47. The normalized spacial score (nSPS) is 11.9. The number of aliphatic carboxylic acids is 1. The molecule has 6 nitrogen and oxygen atoms in total. The molecule has 0 fully saturated rings. The summed E-state index contributed by atoms with van der Waals surface area (Å²) in [7, 11) is 1.36. The minimum absolute atomic E-state index is 0.123. The van der Waals surface area contributed by atoms with E-state index in [1.807, 2.05) is 0 Å². The maximum Gasteiger partial charge on any atom is 0.324 e. The van der Waals surface area contributed by atoms with Crippen LogP contribution in [0.15, 0.2) is 23.1 Å². The molecular formula is C11H13NO5S. The van der Waals surface area contributed by atoms with E-state index in [4.69, 9.17) is 9.84 Å². The quantitative estimate of drug-likeness (QED) is 0.485. The summed E-state index contributed by atoms with van der Waals surface area (Å²) < 4.78 is 4.93. The molecule has 0 bridgehead atoms. The molecule has 18 heavy (non-hydrogen) atoms. The van der Waals surface area contributed by atoms with Crippen molar-refractivity contribution in [3.63, 3.8) is 0 Å². The second kappa shape index (κ2) is 6.25. The predicted molar refractivity (Wildman–Crippen MR) is 67.2 cm³/mol. The van der Waals surface area contributed by atoms with E-state index in [0.717, 1.165) is 11.8 Å². The van der Waals surface area contributed by atoms with Gasteiger partial charge < -0.3 is 9.84 Å². The topological polar surface area (TPSA) is 89.7 Å². The highest BCUT2D eigenvalue weighted by Crippen LogP contribution is 2.37. The Labute approximate surface area is 108 Å². The smallest absolute Gasteiger partial charge is 0.324 e. The fourth-order valence-corrected chi connectivity index (χ4v) is 2.31. The van der Waals surface area contributed by atoms with Crippen molar-refractivity contribution in [3.05, 3.63) is 28.3 Å². The Kier molecular flexibility index (Phi) is 4.96. The zero-order chi connectivity index (χ0) is 13.7. The zero-order valence-corrected chi connectivity index (χ0v) is 10.8. The van der Waals surface area contributed by atoms with Crippen molar-refractivity contribution in [2.75, 3.05) is 12.9 Å². The maximum absolute atomic E-state index is 11.0. The molecule has 7 heteroatoms. The van der Waals surface area contributed by atoms with Gasteiger partial charge in [0.15, 0.2) is 5.75 Å². The third-order valence-corrected chi connectivity index (χ3v) is 3.58. The van der Waals surface area contributed by atoms with Gasteiger partial charge in [-0.05, 0) is 12.1 Å². The summed E-state index contributed by atoms with van der Waals surface area (Å²) in [5, 5.41) is 19.7. The Hall–Kier alpha value is -1.76. The number of methoxy groups -OCH3 is 1. The van der Waals surface area contributed by atoms with Gasteiger partial charge in [0.2, 0.25) is 0 Å². The van der Waals surface area contributed by atoms with Gasteiger partial charge in [0, 0.05) is 5.75 Å². The Bertz CT molecular complexity index is 463. The first kappa shape index (κ1) is 14.3. The van der Waals surface area contributed by atoms with Gasteiger partial charge in [0.1, 0.15) is 0 Å². The number of carbonyl (C=O) groups is 1. The van der Waals surface area contributed by atoms with Gasteiger partial charge in [-0.15, -0.1) is 11.8 Å². The lowest BCUT2D eigenvalue weighted by atomic mass is 10.2. The summed E-state index contributed by atoms with van der Waals surface area (Å²) in [4.78, 5) is 21.6. The molecule has 0 heterocycles. The average molecular weight is 271 g/mol. The highest BCUT2D eigenvalue weighted by molar-refractivity contribution is 7.99. The van der Waals surface area contributed by atoms with Crippen LogP contribution in [0.25, 0.3) is 0 Å². The predicted octanol–water partition coefficient (Wildman–Crippen LogP) is 2.42. The molecule has 0 saturated heterocycles. The Morgan fingerprint density at radius 1 is 1.61 bits per heavy atom. The van der Waals surface area contributed by atoms with Crippen LogP contribution in [0.5, 0.6) is 5.75 Å². The van der Waals surface area contributed by atoms with Crippen LogP contribution in [0.2, 0.25) is 0 Å². The fraction of sp³-hybridized carbons (Fsp3) is 0.364. The van der Waals surface area contributed by atoms with Crippen molar-refractivity contribution >= 4 is 23.4 Å². The van der Waals surface area contributed by atoms with Crippen LogP contribution in [0, 0.1) is 16.0 Å². The third-order valence-electron chi connectivity index (χ3n) is 2.27. The molecule has 0 aliphatic heterocycles. The molecule has 0 spiro atoms. The molecule has 0 radical (unpaired) electrons. The van der Waals surface area contributed by atoms with Gasteiger partial charge in [0.05, 0.1) is 22.8 Å².